The number of carbonyl (C=O) groups excluding carboxylic acids is 5. The van der Waals surface area contributed by atoms with Crippen LogP contribution in [0.5, 0.6) is 0 Å². The summed E-state index contributed by atoms with van der Waals surface area (Å²) < 4.78 is 9.79. The van der Waals surface area contributed by atoms with Crippen molar-refractivity contribution in [2.24, 2.45) is 5.92 Å². The van der Waals surface area contributed by atoms with Crippen LogP contribution in [0.15, 0.2) is 0 Å². The fourth-order valence-corrected chi connectivity index (χ4v) is 3.29. The minimum absolute atomic E-state index is 0.0247. The number of carbonyl (C=O) groups is 7. The minimum atomic E-state index is -1.46. The van der Waals surface area contributed by atoms with Gasteiger partial charge in [0, 0.05) is 12.8 Å². The molecule has 0 aromatic heterocycles. The average Bonchev–Trinajstić information content (AvgIpc) is 2.80. The number of carboxylic acid groups (broad SMARTS) is 2. The summed E-state index contributed by atoms with van der Waals surface area (Å²) in [5.74, 6) is -5.95. The van der Waals surface area contributed by atoms with E-state index in [4.69, 9.17) is 19.7 Å². The first-order chi connectivity index (χ1) is 18.4. The number of alkyl carbamates (subject to hydrolysis) is 1. The standard InChI is InChI=1S/C25H42N4O11/c1-13(2)12-17(23(37)39-7)29-22(36)16(9-11-19(32)33)28-21(35)15(8-10-18(30)31)27-20(34)14(3)26-24(38)40-25(4,5)6/h13-17H,8-12H2,1-7H3,(H,26,38)(H,27,34)(H,28,35)(H,29,36)(H,30,31)(H,32,33)/t14-,15-,16-,17-/m0/s1. The first-order valence-electron chi connectivity index (χ1n) is 12.8. The van der Waals surface area contributed by atoms with E-state index in [2.05, 4.69) is 21.3 Å². The Morgan fingerprint density at radius 2 is 1.12 bits per heavy atom. The highest BCUT2D eigenvalue weighted by molar-refractivity contribution is 5.95. The van der Waals surface area contributed by atoms with Crippen LogP contribution in [0.4, 0.5) is 4.79 Å². The van der Waals surface area contributed by atoms with Crippen LogP contribution in [0.2, 0.25) is 0 Å². The number of ether oxygens (including phenoxy) is 2. The molecule has 4 atom stereocenters. The van der Waals surface area contributed by atoms with Crippen molar-refractivity contribution in [1.82, 2.24) is 21.3 Å². The molecule has 0 bridgehead atoms. The van der Waals surface area contributed by atoms with E-state index in [0.717, 1.165) is 7.11 Å². The first-order valence-corrected chi connectivity index (χ1v) is 12.8. The predicted molar refractivity (Wildman–Crippen MR) is 140 cm³/mol. The summed E-state index contributed by atoms with van der Waals surface area (Å²) in [6, 6.07) is -5.15. The van der Waals surface area contributed by atoms with Gasteiger partial charge in [-0.2, -0.15) is 0 Å². The predicted octanol–water partition coefficient (Wildman–Crippen LogP) is 0.303. The van der Waals surface area contributed by atoms with Gasteiger partial charge in [-0.05, 0) is 52.9 Å². The molecule has 0 spiro atoms. The third-order valence-electron chi connectivity index (χ3n) is 5.20. The molecular formula is C25H42N4O11. The van der Waals surface area contributed by atoms with Gasteiger partial charge in [0.1, 0.15) is 29.8 Å². The van der Waals surface area contributed by atoms with E-state index in [1.54, 1.807) is 34.6 Å². The maximum atomic E-state index is 13.1. The SMILES string of the molecule is COC(=O)[C@H](CC(C)C)NC(=O)[C@H](CCC(=O)O)NC(=O)[C@H](CCC(=O)O)NC(=O)[C@H](C)NC(=O)OC(C)(C)C. The zero-order valence-electron chi connectivity index (χ0n) is 24.0. The van der Waals surface area contributed by atoms with Crippen molar-refractivity contribution >= 4 is 41.7 Å². The Kier molecular flexibility index (Phi) is 15.3. The van der Waals surface area contributed by atoms with Gasteiger partial charge < -0.3 is 41.0 Å². The molecule has 0 radical (unpaired) electrons. The van der Waals surface area contributed by atoms with Crippen molar-refractivity contribution in [1.29, 1.82) is 0 Å². The number of rotatable bonds is 16. The summed E-state index contributed by atoms with van der Waals surface area (Å²) in [4.78, 5) is 85.2. The van der Waals surface area contributed by atoms with Crippen LogP contribution < -0.4 is 21.3 Å². The van der Waals surface area contributed by atoms with Gasteiger partial charge in [-0.3, -0.25) is 24.0 Å². The highest BCUT2D eigenvalue weighted by Crippen LogP contribution is 2.10. The van der Waals surface area contributed by atoms with Crippen LogP contribution in [-0.2, 0) is 38.2 Å². The smallest absolute Gasteiger partial charge is 0.408 e. The average molecular weight is 575 g/mol. The van der Waals surface area contributed by atoms with Crippen LogP contribution in [0, 0.1) is 5.92 Å². The molecule has 0 aliphatic heterocycles. The molecule has 15 nitrogen and oxygen atoms in total. The summed E-state index contributed by atoms with van der Waals surface area (Å²) in [5, 5.41) is 27.6. The number of esters is 1. The third kappa shape index (κ3) is 15.5. The van der Waals surface area contributed by atoms with Crippen molar-refractivity contribution in [3.63, 3.8) is 0 Å². The Labute approximate surface area is 233 Å². The van der Waals surface area contributed by atoms with Gasteiger partial charge in [-0.1, -0.05) is 13.8 Å². The van der Waals surface area contributed by atoms with Gasteiger partial charge in [0.05, 0.1) is 7.11 Å². The summed E-state index contributed by atoms with van der Waals surface area (Å²) in [6.07, 6.45) is -2.48. The lowest BCUT2D eigenvalue weighted by Crippen LogP contribution is -2.57. The fraction of sp³-hybridized carbons (Fsp3) is 0.720. The molecule has 0 rings (SSSR count). The molecule has 0 aromatic carbocycles. The number of methoxy groups -OCH3 is 1. The maximum absolute atomic E-state index is 13.1. The Morgan fingerprint density at radius 3 is 1.50 bits per heavy atom. The van der Waals surface area contributed by atoms with Gasteiger partial charge in [-0.25, -0.2) is 9.59 Å². The highest BCUT2D eigenvalue weighted by atomic mass is 16.6. The molecule has 0 heterocycles. The van der Waals surface area contributed by atoms with Gasteiger partial charge in [0.15, 0.2) is 0 Å². The summed E-state index contributed by atoms with van der Waals surface area (Å²) >= 11 is 0. The number of hydrogen-bond acceptors (Lipinski definition) is 9. The summed E-state index contributed by atoms with van der Waals surface area (Å²) in [5.41, 5.74) is -0.836. The third-order valence-corrected chi connectivity index (χ3v) is 5.20. The van der Waals surface area contributed by atoms with E-state index in [1.807, 2.05) is 0 Å². The van der Waals surface area contributed by atoms with Crippen molar-refractivity contribution in [2.45, 2.75) is 103 Å². The van der Waals surface area contributed by atoms with E-state index in [-0.39, 0.29) is 25.2 Å². The molecule has 0 saturated carbocycles. The number of carboxylic acids is 2. The number of hydrogen-bond donors (Lipinski definition) is 6. The molecule has 0 unspecified atom stereocenters. The monoisotopic (exact) mass is 574 g/mol. The van der Waals surface area contributed by atoms with Gasteiger partial charge in [0.25, 0.3) is 0 Å². The maximum Gasteiger partial charge on any atom is 0.408 e. The molecule has 0 aromatic rings. The molecule has 4 amide bonds. The Bertz CT molecular complexity index is 930. The van der Waals surface area contributed by atoms with Crippen molar-refractivity contribution in [3.05, 3.63) is 0 Å². The summed E-state index contributed by atoms with van der Waals surface area (Å²) in [7, 11) is 1.14. The molecule has 0 fully saturated rings. The van der Waals surface area contributed by atoms with Crippen molar-refractivity contribution in [2.75, 3.05) is 7.11 Å². The molecule has 40 heavy (non-hydrogen) atoms. The normalized spacial score (nSPS) is 14.1. The second-order valence-corrected chi connectivity index (χ2v) is 10.6. The Balaban J connectivity index is 5.75. The van der Waals surface area contributed by atoms with E-state index in [1.165, 1.54) is 6.92 Å². The van der Waals surface area contributed by atoms with Gasteiger partial charge >= 0.3 is 24.0 Å². The molecule has 15 heteroatoms. The molecule has 0 aliphatic carbocycles. The molecule has 228 valence electrons. The minimum Gasteiger partial charge on any atom is -0.481 e. The lowest BCUT2D eigenvalue weighted by atomic mass is 10.0. The number of aliphatic carboxylic acids is 2. The second-order valence-electron chi connectivity index (χ2n) is 10.6. The molecule has 0 saturated heterocycles. The van der Waals surface area contributed by atoms with Crippen molar-refractivity contribution in [3.8, 4) is 0 Å². The topological polar surface area (TPSA) is 227 Å². The summed E-state index contributed by atoms with van der Waals surface area (Å²) in [6.45, 7) is 9.79. The van der Waals surface area contributed by atoms with Crippen LogP contribution in [0.3, 0.4) is 0 Å². The Hall–Kier alpha value is -3.91. The van der Waals surface area contributed by atoms with E-state index < -0.39 is 84.3 Å². The van der Waals surface area contributed by atoms with E-state index in [9.17, 15) is 33.6 Å². The van der Waals surface area contributed by atoms with Gasteiger partial charge in [0.2, 0.25) is 17.7 Å². The van der Waals surface area contributed by atoms with Crippen LogP contribution in [-0.4, -0.2) is 88.8 Å². The van der Waals surface area contributed by atoms with Crippen LogP contribution in [0.1, 0.15) is 73.6 Å². The van der Waals surface area contributed by atoms with Crippen LogP contribution >= 0.6 is 0 Å². The lowest BCUT2D eigenvalue weighted by molar-refractivity contribution is -0.146. The van der Waals surface area contributed by atoms with E-state index in [0.29, 0.717) is 0 Å². The van der Waals surface area contributed by atoms with Gasteiger partial charge in [-0.15, -0.1) is 0 Å². The zero-order valence-corrected chi connectivity index (χ0v) is 24.0. The zero-order chi connectivity index (χ0) is 31.2. The second kappa shape index (κ2) is 16.9. The van der Waals surface area contributed by atoms with Crippen molar-refractivity contribution < 1.29 is 53.2 Å². The molecule has 0 aliphatic rings. The number of nitrogens with one attached hydrogen (secondary N) is 4. The highest BCUT2D eigenvalue weighted by Gasteiger charge is 2.32. The largest absolute Gasteiger partial charge is 0.481 e. The van der Waals surface area contributed by atoms with E-state index >= 15 is 0 Å². The molecular weight excluding hydrogens is 532 g/mol. The molecule has 6 N–H and O–H groups in total. The quantitative estimate of drug-likeness (QED) is 0.137. The lowest BCUT2D eigenvalue weighted by Gasteiger charge is -2.26. The Morgan fingerprint density at radius 1 is 0.700 bits per heavy atom. The van der Waals surface area contributed by atoms with Crippen LogP contribution in [0.25, 0.3) is 0 Å². The first kappa shape index (κ1) is 36.1. The number of amides is 4. The fourth-order valence-electron chi connectivity index (χ4n) is 3.29.